The van der Waals surface area contributed by atoms with Crippen LogP contribution in [-0.2, 0) is 0 Å². The Morgan fingerprint density at radius 1 is 1.73 bits per heavy atom. The van der Waals surface area contributed by atoms with Gasteiger partial charge in [-0.1, -0.05) is 6.92 Å². The fourth-order valence-electron chi connectivity index (χ4n) is 1.34. The monoisotopic (exact) mass is 228 g/mol. The normalized spacial score (nSPS) is 12.5. The second-order valence-corrected chi connectivity index (χ2v) is 4.18. The van der Waals surface area contributed by atoms with Gasteiger partial charge in [0.2, 0.25) is 5.82 Å². The van der Waals surface area contributed by atoms with Crippen LogP contribution in [0, 0.1) is 0 Å². The Bertz CT molecular complexity index is 301. The summed E-state index contributed by atoms with van der Waals surface area (Å²) in [7, 11) is 1.80. The number of aromatic nitrogens is 3. The number of amides is 1. The van der Waals surface area contributed by atoms with Gasteiger partial charge >= 0.3 is 0 Å². The van der Waals surface area contributed by atoms with E-state index in [1.165, 1.54) is 6.33 Å². The number of H-pyrrole nitrogens is 1. The second-order valence-electron chi connectivity index (χ2n) is 3.27. The van der Waals surface area contributed by atoms with Gasteiger partial charge in [-0.05, 0) is 12.7 Å². The number of hydrogen-bond acceptors (Lipinski definition) is 4. The van der Waals surface area contributed by atoms with Gasteiger partial charge in [-0.2, -0.15) is 16.9 Å². The molecule has 0 aliphatic rings. The van der Waals surface area contributed by atoms with Gasteiger partial charge in [0.15, 0.2) is 0 Å². The van der Waals surface area contributed by atoms with Gasteiger partial charge < -0.3 is 4.90 Å². The van der Waals surface area contributed by atoms with Gasteiger partial charge in [0.05, 0.1) is 0 Å². The van der Waals surface area contributed by atoms with Gasteiger partial charge in [0.1, 0.15) is 6.33 Å². The molecule has 0 spiro atoms. The largest absolute Gasteiger partial charge is 0.335 e. The minimum atomic E-state index is -0.103. The number of thioether (sulfide) groups is 1. The lowest BCUT2D eigenvalue weighted by Crippen LogP contribution is -2.38. The maximum absolute atomic E-state index is 11.9. The average molecular weight is 228 g/mol. The zero-order valence-electron chi connectivity index (χ0n) is 9.23. The van der Waals surface area contributed by atoms with Crippen molar-refractivity contribution in [2.45, 2.75) is 19.4 Å². The van der Waals surface area contributed by atoms with E-state index >= 15 is 0 Å². The summed E-state index contributed by atoms with van der Waals surface area (Å²) < 4.78 is 0. The standard InChI is InChI=1S/C9H16N4OS/c1-4-7(5-15-3)13(2)9(14)8-10-6-11-12-8/h6-7H,4-5H2,1-3H3,(H,10,11,12). The molecule has 1 unspecified atom stereocenters. The highest BCUT2D eigenvalue weighted by atomic mass is 32.2. The third kappa shape index (κ3) is 2.95. The van der Waals surface area contributed by atoms with Gasteiger partial charge in [-0.3, -0.25) is 9.89 Å². The van der Waals surface area contributed by atoms with Crippen molar-refractivity contribution in [3.63, 3.8) is 0 Å². The third-order valence-corrected chi connectivity index (χ3v) is 3.03. The molecule has 0 fully saturated rings. The fourth-order valence-corrected chi connectivity index (χ4v) is 2.18. The highest BCUT2D eigenvalue weighted by Crippen LogP contribution is 2.10. The average Bonchev–Trinajstić information content (AvgIpc) is 2.77. The van der Waals surface area contributed by atoms with Crippen LogP contribution in [0.15, 0.2) is 6.33 Å². The lowest BCUT2D eigenvalue weighted by molar-refractivity contribution is 0.0732. The molecule has 1 atom stereocenters. The molecule has 5 nitrogen and oxygen atoms in total. The molecule has 1 rings (SSSR count). The molecule has 0 aliphatic carbocycles. The van der Waals surface area contributed by atoms with E-state index in [1.54, 1.807) is 23.7 Å². The van der Waals surface area contributed by atoms with Crippen molar-refractivity contribution >= 4 is 17.7 Å². The summed E-state index contributed by atoms with van der Waals surface area (Å²) in [5, 5.41) is 6.25. The molecular formula is C9H16N4OS. The number of nitrogens with zero attached hydrogens (tertiary/aromatic N) is 3. The fraction of sp³-hybridized carbons (Fsp3) is 0.667. The molecule has 0 saturated carbocycles. The van der Waals surface area contributed by atoms with Crippen LogP contribution < -0.4 is 0 Å². The maximum Gasteiger partial charge on any atom is 0.291 e. The van der Waals surface area contributed by atoms with Crippen LogP contribution in [0.2, 0.25) is 0 Å². The molecule has 1 aromatic rings. The Labute approximate surface area is 93.6 Å². The number of hydrogen-bond donors (Lipinski definition) is 1. The summed E-state index contributed by atoms with van der Waals surface area (Å²) in [5.74, 6) is 1.14. The molecule has 0 bridgehead atoms. The predicted molar refractivity (Wildman–Crippen MR) is 60.9 cm³/mol. The van der Waals surface area contributed by atoms with Crippen molar-refractivity contribution in [2.24, 2.45) is 0 Å². The van der Waals surface area contributed by atoms with Gasteiger partial charge in [-0.15, -0.1) is 0 Å². The van der Waals surface area contributed by atoms with Crippen LogP contribution in [0.4, 0.5) is 0 Å². The Morgan fingerprint density at radius 3 is 2.93 bits per heavy atom. The number of carbonyl (C=O) groups excluding carboxylic acids is 1. The van der Waals surface area contributed by atoms with Crippen molar-refractivity contribution in [1.29, 1.82) is 0 Å². The van der Waals surface area contributed by atoms with E-state index in [0.717, 1.165) is 12.2 Å². The van der Waals surface area contributed by atoms with Gasteiger partial charge in [-0.25, -0.2) is 4.98 Å². The van der Waals surface area contributed by atoms with Crippen molar-refractivity contribution in [3.05, 3.63) is 12.2 Å². The zero-order valence-corrected chi connectivity index (χ0v) is 10.0. The molecule has 0 radical (unpaired) electrons. The molecule has 1 amide bonds. The summed E-state index contributed by atoms with van der Waals surface area (Å²) in [6, 6.07) is 0.248. The number of nitrogens with one attached hydrogen (secondary N) is 1. The highest BCUT2D eigenvalue weighted by molar-refractivity contribution is 7.98. The van der Waals surface area contributed by atoms with Crippen LogP contribution in [0.5, 0.6) is 0 Å². The maximum atomic E-state index is 11.9. The Kier molecular flexibility index (Phi) is 4.61. The third-order valence-electron chi connectivity index (χ3n) is 2.32. The van der Waals surface area contributed by atoms with Crippen LogP contribution in [0.25, 0.3) is 0 Å². The van der Waals surface area contributed by atoms with E-state index in [1.807, 2.05) is 6.26 Å². The van der Waals surface area contributed by atoms with Crippen molar-refractivity contribution in [3.8, 4) is 0 Å². The molecule has 0 aromatic carbocycles. The van der Waals surface area contributed by atoms with E-state index < -0.39 is 0 Å². The first kappa shape index (κ1) is 12.0. The molecule has 0 aliphatic heterocycles. The van der Waals surface area contributed by atoms with E-state index in [4.69, 9.17) is 0 Å². The van der Waals surface area contributed by atoms with Crippen molar-refractivity contribution in [2.75, 3.05) is 19.1 Å². The summed E-state index contributed by atoms with van der Waals surface area (Å²) in [6.07, 6.45) is 4.32. The lowest BCUT2D eigenvalue weighted by atomic mass is 10.2. The summed E-state index contributed by atoms with van der Waals surface area (Å²) in [4.78, 5) is 17.4. The van der Waals surface area contributed by atoms with Crippen LogP contribution >= 0.6 is 11.8 Å². The molecule has 6 heteroatoms. The second kappa shape index (κ2) is 5.75. The van der Waals surface area contributed by atoms with E-state index in [0.29, 0.717) is 5.82 Å². The Balaban J connectivity index is 2.66. The SMILES string of the molecule is CCC(CSC)N(C)C(=O)c1ncn[nH]1. The summed E-state index contributed by atoms with van der Waals surface area (Å²) in [5.41, 5.74) is 0. The molecule has 1 heterocycles. The number of aromatic amines is 1. The number of carbonyl (C=O) groups is 1. The smallest absolute Gasteiger partial charge is 0.291 e. The molecular weight excluding hydrogens is 212 g/mol. The Morgan fingerprint density at radius 2 is 2.47 bits per heavy atom. The molecule has 1 N–H and O–H groups in total. The topological polar surface area (TPSA) is 61.9 Å². The summed E-state index contributed by atoms with van der Waals surface area (Å²) >= 11 is 1.74. The lowest BCUT2D eigenvalue weighted by Gasteiger charge is -2.25. The van der Waals surface area contributed by atoms with Crippen LogP contribution in [-0.4, -0.2) is 51.1 Å². The first-order chi connectivity index (χ1) is 7.20. The quantitative estimate of drug-likeness (QED) is 0.817. The highest BCUT2D eigenvalue weighted by Gasteiger charge is 2.21. The van der Waals surface area contributed by atoms with Crippen molar-refractivity contribution < 1.29 is 4.79 Å². The van der Waals surface area contributed by atoms with E-state index in [-0.39, 0.29) is 11.9 Å². The van der Waals surface area contributed by atoms with E-state index in [2.05, 4.69) is 22.1 Å². The summed E-state index contributed by atoms with van der Waals surface area (Å²) in [6.45, 7) is 2.07. The van der Waals surface area contributed by atoms with E-state index in [9.17, 15) is 4.79 Å². The minimum Gasteiger partial charge on any atom is -0.335 e. The minimum absolute atomic E-state index is 0.103. The molecule has 84 valence electrons. The first-order valence-electron chi connectivity index (χ1n) is 4.82. The Hall–Kier alpha value is -1.04. The predicted octanol–water partition coefficient (Wildman–Crippen LogP) is 1.02. The van der Waals surface area contributed by atoms with Crippen LogP contribution in [0.1, 0.15) is 24.0 Å². The molecule has 15 heavy (non-hydrogen) atoms. The first-order valence-corrected chi connectivity index (χ1v) is 6.21. The van der Waals surface area contributed by atoms with Gasteiger partial charge in [0, 0.05) is 18.8 Å². The van der Waals surface area contributed by atoms with Crippen molar-refractivity contribution in [1.82, 2.24) is 20.1 Å². The molecule has 1 aromatic heterocycles. The van der Waals surface area contributed by atoms with Crippen LogP contribution in [0.3, 0.4) is 0 Å². The zero-order chi connectivity index (χ0) is 11.3. The number of rotatable bonds is 5. The van der Waals surface area contributed by atoms with Gasteiger partial charge in [0.25, 0.3) is 5.91 Å². The molecule has 0 saturated heterocycles.